The molecule has 6 heteroatoms. The summed E-state index contributed by atoms with van der Waals surface area (Å²) in [5.41, 5.74) is 5.30. The van der Waals surface area contributed by atoms with Gasteiger partial charge >= 0.3 is 0 Å². The number of benzene rings is 2. The van der Waals surface area contributed by atoms with E-state index in [1.54, 1.807) is 6.07 Å². The molecule has 0 aliphatic heterocycles. The predicted molar refractivity (Wildman–Crippen MR) is 119 cm³/mol. The van der Waals surface area contributed by atoms with E-state index in [4.69, 9.17) is 0 Å². The van der Waals surface area contributed by atoms with Gasteiger partial charge in [-0.15, -0.1) is 0 Å². The molecule has 150 valence electrons. The predicted octanol–water partition coefficient (Wildman–Crippen LogP) is 4.88. The molecule has 1 heterocycles. The first kappa shape index (κ1) is 20.9. The standard InChI is InChI=1S/C23H25N3O2S/c1-4-6-19-13-20(27)25-23(24-19)29-14-17-9-11-18(12-10-17)22(28)26-21-15(2)7-5-8-16(21)3/h5,7-13H,4,6,14H2,1-3H3,(H,26,28)(H,24,25,27). The summed E-state index contributed by atoms with van der Waals surface area (Å²) < 4.78 is 0. The molecule has 0 unspecified atom stereocenters. The van der Waals surface area contributed by atoms with Crippen LogP contribution in [0.15, 0.2) is 58.5 Å². The van der Waals surface area contributed by atoms with E-state index >= 15 is 0 Å². The number of nitrogens with zero attached hydrogens (tertiary/aromatic N) is 1. The molecule has 0 saturated heterocycles. The summed E-state index contributed by atoms with van der Waals surface area (Å²) in [6.45, 7) is 6.03. The molecular weight excluding hydrogens is 382 g/mol. The molecule has 0 radical (unpaired) electrons. The van der Waals surface area contributed by atoms with Gasteiger partial charge in [-0.25, -0.2) is 4.98 Å². The number of anilines is 1. The lowest BCUT2D eigenvalue weighted by Gasteiger charge is -2.11. The molecule has 3 aromatic rings. The number of carbonyl (C=O) groups is 1. The summed E-state index contributed by atoms with van der Waals surface area (Å²) >= 11 is 1.48. The van der Waals surface area contributed by atoms with Crippen LogP contribution in [0.1, 0.15) is 46.1 Å². The average molecular weight is 408 g/mol. The first-order valence-electron chi connectivity index (χ1n) is 9.66. The highest BCUT2D eigenvalue weighted by atomic mass is 32.2. The van der Waals surface area contributed by atoms with E-state index in [0.29, 0.717) is 16.5 Å². The Morgan fingerprint density at radius 2 is 1.79 bits per heavy atom. The first-order valence-corrected chi connectivity index (χ1v) is 10.6. The zero-order valence-corrected chi connectivity index (χ0v) is 17.7. The Labute approximate surface area is 175 Å². The number of nitrogens with one attached hydrogen (secondary N) is 2. The fourth-order valence-corrected chi connectivity index (χ4v) is 3.89. The number of hydrogen-bond donors (Lipinski definition) is 2. The lowest BCUT2D eigenvalue weighted by Crippen LogP contribution is -2.13. The van der Waals surface area contributed by atoms with Crippen LogP contribution in [0, 0.1) is 13.8 Å². The van der Waals surface area contributed by atoms with Crippen molar-refractivity contribution in [1.82, 2.24) is 9.97 Å². The maximum absolute atomic E-state index is 12.6. The number of hydrogen-bond acceptors (Lipinski definition) is 4. The van der Waals surface area contributed by atoms with Crippen molar-refractivity contribution in [2.45, 2.75) is 44.5 Å². The smallest absolute Gasteiger partial charge is 0.255 e. The van der Waals surface area contributed by atoms with Crippen molar-refractivity contribution in [3.63, 3.8) is 0 Å². The summed E-state index contributed by atoms with van der Waals surface area (Å²) in [6.07, 6.45) is 1.74. The molecular formula is C23H25N3O2S. The highest BCUT2D eigenvalue weighted by molar-refractivity contribution is 7.98. The van der Waals surface area contributed by atoms with Crippen molar-refractivity contribution in [3.8, 4) is 0 Å². The number of thioether (sulfide) groups is 1. The Hall–Kier alpha value is -2.86. The van der Waals surface area contributed by atoms with Crippen LogP contribution in [0.2, 0.25) is 0 Å². The summed E-state index contributed by atoms with van der Waals surface area (Å²) in [5, 5.41) is 3.63. The Balaban J connectivity index is 1.64. The van der Waals surface area contributed by atoms with E-state index in [-0.39, 0.29) is 11.5 Å². The summed E-state index contributed by atoms with van der Waals surface area (Å²) in [5.74, 6) is 0.539. The minimum Gasteiger partial charge on any atom is -0.322 e. The van der Waals surface area contributed by atoms with Crippen molar-refractivity contribution < 1.29 is 4.79 Å². The van der Waals surface area contributed by atoms with Gasteiger partial charge in [0.15, 0.2) is 5.16 Å². The molecule has 0 aliphatic carbocycles. The van der Waals surface area contributed by atoms with Crippen molar-refractivity contribution in [3.05, 3.63) is 86.8 Å². The highest BCUT2D eigenvalue weighted by Gasteiger charge is 2.10. The second-order valence-corrected chi connectivity index (χ2v) is 7.96. The minimum absolute atomic E-state index is 0.121. The van der Waals surface area contributed by atoms with Crippen LogP contribution < -0.4 is 10.9 Å². The van der Waals surface area contributed by atoms with Gasteiger partial charge < -0.3 is 10.3 Å². The SMILES string of the molecule is CCCc1cc(=O)[nH]c(SCc2ccc(C(=O)Nc3c(C)cccc3C)cc2)n1. The lowest BCUT2D eigenvalue weighted by molar-refractivity contribution is 0.102. The molecule has 0 atom stereocenters. The van der Waals surface area contributed by atoms with Crippen LogP contribution in [-0.2, 0) is 12.2 Å². The van der Waals surface area contributed by atoms with E-state index in [2.05, 4.69) is 22.2 Å². The molecule has 0 aliphatic rings. The molecule has 0 saturated carbocycles. The molecule has 2 aromatic carbocycles. The van der Waals surface area contributed by atoms with Gasteiger partial charge in [0.25, 0.3) is 11.5 Å². The van der Waals surface area contributed by atoms with Gasteiger partial charge in [-0.1, -0.05) is 55.4 Å². The fraction of sp³-hybridized carbons (Fsp3) is 0.261. The second-order valence-electron chi connectivity index (χ2n) is 7.00. The number of H-pyrrole nitrogens is 1. The Morgan fingerprint density at radius 3 is 2.45 bits per heavy atom. The quantitative estimate of drug-likeness (QED) is 0.432. The lowest BCUT2D eigenvalue weighted by atomic mass is 10.1. The van der Waals surface area contributed by atoms with Gasteiger partial charge in [0.05, 0.1) is 0 Å². The number of amides is 1. The Morgan fingerprint density at radius 1 is 1.10 bits per heavy atom. The minimum atomic E-state index is -0.125. The molecule has 1 aromatic heterocycles. The highest BCUT2D eigenvalue weighted by Crippen LogP contribution is 2.22. The largest absolute Gasteiger partial charge is 0.322 e. The third kappa shape index (κ3) is 5.57. The van der Waals surface area contributed by atoms with E-state index in [1.165, 1.54) is 11.8 Å². The monoisotopic (exact) mass is 407 g/mol. The molecule has 1 amide bonds. The van der Waals surface area contributed by atoms with Crippen LogP contribution in [0.5, 0.6) is 0 Å². The zero-order valence-electron chi connectivity index (χ0n) is 16.9. The van der Waals surface area contributed by atoms with Crippen LogP contribution >= 0.6 is 11.8 Å². The molecule has 29 heavy (non-hydrogen) atoms. The van der Waals surface area contributed by atoms with Crippen molar-refractivity contribution in [1.29, 1.82) is 0 Å². The maximum Gasteiger partial charge on any atom is 0.255 e. The number of carbonyl (C=O) groups excluding carboxylic acids is 1. The molecule has 5 nitrogen and oxygen atoms in total. The first-order chi connectivity index (χ1) is 14.0. The average Bonchev–Trinajstić information content (AvgIpc) is 2.69. The maximum atomic E-state index is 12.6. The molecule has 0 fully saturated rings. The summed E-state index contributed by atoms with van der Waals surface area (Å²) in [7, 11) is 0. The Kier molecular flexibility index (Phi) is 6.88. The van der Waals surface area contributed by atoms with E-state index in [0.717, 1.165) is 40.9 Å². The van der Waals surface area contributed by atoms with Crippen molar-refractivity contribution >= 4 is 23.4 Å². The third-order valence-electron chi connectivity index (χ3n) is 4.59. The summed E-state index contributed by atoms with van der Waals surface area (Å²) in [6, 6.07) is 15.0. The van der Waals surface area contributed by atoms with Gasteiger partial charge in [0, 0.05) is 28.8 Å². The molecule has 2 N–H and O–H groups in total. The van der Waals surface area contributed by atoms with E-state index in [1.807, 2.05) is 56.3 Å². The number of rotatable bonds is 7. The summed E-state index contributed by atoms with van der Waals surface area (Å²) in [4.78, 5) is 31.6. The molecule has 0 bridgehead atoms. The Bertz CT molecular complexity index is 1040. The number of aromatic amines is 1. The number of para-hydroxylation sites is 1. The van der Waals surface area contributed by atoms with E-state index < -0.39 is 0 Å². The van der Waals surface area contributed by atoms with Crippen LogP contribution in [0.4, 0.5) is 5.69 Å². The number of aromatic nitrogens is 2. The van der Waals surface area contributed by atoms with Gasteiger partial charge in [-0.05, 0) is 49.1 Å². The second kappa shape index (κ2) is 9.56. The van der Waals surface area contributed by atoms with Gasteiger partial charge in [0.2, 0.25) is 0 Å². The number of aryl methyl sites for hydroxylation is 3. The fourth-order valence-electron chi connectivity index (χ4n) is 3.04. The van der Waals surface area contributed by atoms with Crippen molar-refractivity contribution in [2.24, 2.45) is 0 Å². The van der Waals surface area contributed by atoms with Gasteiger partial charge in [0.1, 0.15) is 0 Å². The van der Waals surface area contributed by atoms with E-state index in [9.17, 15) is 9.59 Å². The van der Waals surface area contributed by atoms with Gasteiger partial charge in [-0.2, -0.15) is 0 Å². The van der Waals surface area contributed by atoms with Crippen molar-refractivity contribution in [2.75, 3.05) is 5.32 Å². The van der Waals surface area contributed by atoms with Gasteiger partial charge in [-0.3, -0.25) is 9.59 Å². The zero-order chi connectivity index (χ0) is 20.8. The molecule has 0 spiro atoms. The van der Waals surface area contributed by atoms with Crippen LogP contribution in [0.25, 0.3) is 0 Å². The molecule has 3 rings (SSSR count). The third-order valence-corrected chi connectivity index (χ3v) is 5.53. The normalized spacial score (nSPS) is 10.7. The van der Waals surface area contributed by atoms with Crippen LogP contribution in [0.3, 0.4) is 0 Å². The topological polar surface area (TPSA) is 74.8 Å². The van der Waals surface area contributed by atoms with Crippen LogP contribution in [-0.4, -0.2) is 15.9 Å².